The van der Waals surface area contributed by atoms with Crippen molar-refractivity contribution >= 4 is 33.0 Å². The van der Waals surface area contributed by atoms with Crippen LogP contribution in [-0.4, -0.2) is 36.7 Å². The topological polar surface area (TPSA) is 92.5 Å². The van der Waals surface area contributed by atoms with Gasteiger partial charge in [-0.1, -0.05) is 6.07 Å². The van der Waals surface area contributed by atoms with Gasteiger partial charge in [-0.2, -0.15) is 4.31 Å². The number of hydrogen-bond donors (Lipinski definition) is 1. The molecule has 0 unspecified atom stereocenters. The van der Waals surface area contributed by atoms with Crippen LogP contribution in [0.25, 0.3) is 10.8 Å². The SMILES string of the molecule is Cc1oc(-c2cccs2)nc1CC(=O)Nc1ccc(S(=O)(=O)N(C)C(C)C)cc1. The third kappa shape index (κ3) is 4.75. The van der Waals surface area contributed by atoms with E-state index in [2.05, 4.69) is 10.3 Å². The molecular weight excluding hydrogens is 410 g/mol. The van der Waals surface area contributed by atoms with Gasteiger partial charge >= 0.3 is 0 Å². The lowest BCUT2D eigenvalue weighted by Gasteiger charge is -2.21. The van der Waals surface area contributed by atoms with Crippen molar-refractivity contribution in [1.29, 1.82) is 0 Å². The second kappa shape index (κ2) is 8.48. The van der Waals surface area contributed by atoms with E-state index in [1.165, 1.54) is 27.8 Å². The third-order valence-corrected chi connectivity index (χ3v) is 7.40. The molecule has 0 aliphatic carbocycles. The largest absolute Gasteiger partial charge is 0.440 e. The monoisotopic (exact) mass is 433 g/mol. The van der Waals surface area contributed by atoms with E-state index in [0.717, 1.165) is 4.88 Å². The average Bonchev–Trinajstić information content (AvgIpc) is 3.32. The van der Waals surface area contributed by atoms with Crippen molar-refractivity contribution in [3.63, 3.8) is 0 Å². The number of rotatable bonds is 7. The van der Waals surface area contributed by atoms with Gasteiger partial charge in [-0.05, 0) is 56.5 Å². The number of aryl methyl sites for hydroxylation is 1. The summed E-state index contributed by atoms with van der Waals surface area (Å²) in [6.45, 7) is 5.39. The molecule has 2 heterocycles. The number of oxazole rings is 1. The van der Waals surface area contributed by atoms with Crippen molar-refractivity contribution in [1.82, 2.24) is 9.29 Å². The summed E-state index contributed by atoms with van der Waals surface area (Å²) in [4.78, 5) is 17.9. The van der Waals surface area contributed by atoms with E-state index >= 15 is 0 Å². The highest BCUT2D eigenvalue weighted by molar-refractivity contribution is 7.89. The highest BCUT2D eigenvalue weighted by Gasteiger charge is 2.23. The molecule has 29 heavy (non-hydrogen) atoms. The molecule has 9 heteroatoms. The van der Waals surface area contributed by atoms with Crippen molar-refractivity contribution in [2.45, 2.75) is 38.1 Å². The van der Waals surface area contributed by atoms with E-state index in [4.69, 9.17) is 4.42 Å². The maximum Gasteiger partial charge on any atom is 0.243 e. The molecule has 0 aliphatic rings. The van der Waals surface area contributed by atoms with E-state index in [0.29, 0.717) is 23.0 Å². The average molecular weight is 434 g/mol. The van der Waals surface area contributed by atoms with Gasteiger partial charge in [0.2, 0.25) is 21.8 Å². The zero-order chi connectivity index (χ0) is 21.2. The first-order chi connectivity index (χ1) is 13.7. The second-order valence-electron chi connectivity index (χ2n) is 6.86. The number of benzene rings is 1. The Labute approximate surface area is 174 Å². The molecule has 0 atom stereocenters. The van der Waals surface area contributed by atoms with Crippen molar-refractivity contribution in [3.05, 3.63) is 53.2 Å². The van der Waals surface area contributed by atoms with E-state index < -0.39 is 10.0 Å². The van der Waals surface area contributed by atoms with Crippen molar-refractivity contribution < 1.29 is 17.6 Å². The molecule has 3 aromatic rings. The minimum atomic E-state index is -3.56. The normalized spacial score (nSPS) is 11.9. The lowest BCUT2D eigenvalue weighted by molar-refractivity contribution is -0.115. The lowest BCUT2D eigenvalue weighted by atomic mass is 10.2. The number of thiophene rings is 1. The van der Waals surface area contributed by atoms with Gasteiger partial charge in [0.1, 0.15) is 5.76 Å². The summed E-state index contributed by atoms with van der Waals surface area (Å²) in [6, 6.07) is 9.79. The van der Waals surface area contributed by atoms with Crippen molar-refractivity contribution in [2.75, 3.05) is 12.4 Å². The second-order valence-corrected chi connectivity index (χ2v) is 9.81. The van der Waals surface area contributed by atoms with Gasteiger partial charge in [-0.25, -0.2) is 13.4 Å². The van der Waals surface area contributed by atoms with Crippen LogP contribution in [0.1, 0.15) is 25.3 Å². The molecule has 1 amide bonds. The summed E-state index contributed by atoms with van der Waals surface area (Å²) in [7, 11) is -2.02. The fourth-order valence-corrected chi connectivity index (χ4v) is 4.63. The highest BCUT2D eigenvalue weighted by Crippen LogP contribution is 2.26. The number of nitrogens with zero attached hydrogens (tertiary/aromatic N) is 2. The molecule has 1 N–H and O–H groups in total. The molecule has 0 aliphatic heterocycles. The Morgan fingerprint density at radius 2 is 1.93 bits per heavy atom. The summed E-state index contributed by atoms with van der Waals surface area (Å²) in [5.41, 5.74) is 1.09. The molecule has 7 nitrogen and oxygen atoms in total. The first-order valence-corrected chi connectivity index (χ1v) is 11.4. The molecule has 3 rings (SSSR count). The van der Waals surface area contributed by atoms with Gasteiger partial charge < -0.3 is 9.73 Å². The van der Waals surface area contributed by atoms with Gasteiger partial charge in [0.05, 0.1) is 21.9 Å². The molecule has 0 fully saturated rings. The Balaban J connectivity index is 1.67. The fraction of sp³-hybridized carbons (Fsp3) is 0.300. The van der Waals surface area contributed by atoms with Crippen LogP contribution < -0.4 is 5.32 Å². The molecule has 1 aromatic carbocycles. The van der Waals surface area contributed by atoms with Crippen LogP contribution in [0.4, 0.5) is 5.69 Å². The van der Waals surface area contributed by atoms with Crippen molar-refractivity contribution in [2.24, 2.45) is 0 Å². The maximum atomic E-state index is 12.5. The van der Waals surface area contributed by atoms with Gasteiger partial charge in [0, 0.05) is 18.8 Å². The highest BCUT2D eigenvalue weighted by atomic mass is 32.2. The Hall–Kier alpha value is -2.49. The fourth-order valence-electron chi connectivity index (χ4n) is 2.61. The van der Waals surface area contributed by atoms with Gasteiger partial charge in [0.15, 0.2) is 0 Å². The van der Waals surface area contributed by atoms with Crippen LogP contribution in [0.5, 0.6) is 0 Å². The number of carbonyl (C=O) groups excluding carboxylic acids is 1. The Morgan fingerprint density at radius 1 is 1.24 bits per heavy atom. The third-order valence-electron chi connectivity index (χ3n) is 4.49. The molecular formula is C20H23N3O4S2. The van der Waals surface area contributed by atoms with Crippen molar-refractivity contribution in [3.8, 4) is 10.8 Å². The number of nitrogens with one attached hydrogen (secondary N) is 1. The minimum absolute atomic E-state index is 0.0663. The van der Waals surface area contributed by atoms with Crippen LogP contribution in [-0.2, 0) is 21.2 Å². The van der Waals surface area contributed by atoms with E-state index in [1.54, 1.807) is 26.1 Å². The Morgan fingerprint density at radius 3 is 2.52 bits per heavy atom. The molecule has 0 saturated heterocycles. The van der Waals surface area contributed by atoms with Gasteiger partial charge in [-0.15, -0.1) is 11.3 Å². The number of aromatic nitrogens is 1. The van der Waals surface area contributed by atoms with Crippen LogP contribution in [0.3, 0.4) is 0 Å². The maximum absolute atomic E-state index is 12.5. The summed E-state index contributed by atoms with van der Waals surface area (Å²) in [6.07, 6.45) is 0.0663. The van der Waals surface area contributed by atoms with Crippen LogP contribution in [0.2, 0.25) is 0 Å². The summed E-state index contributed by atoms with van der Waals surface area (Å²) < 4.78 is 32.0. The number of amides is 1. The molecule has 154 valence electrons. The molecule has 0 bridgehead atoms. The quantitative estimate of drug-likeness (QED) is 0.610. The van der Waals surface area contributed by atoms with Crippen LogP contribution in [0, 0.1) is 6.92 Å². The first-order valence-electron chi connectivity index (χ1n) is 9.06. The number of anilines is 1. The smallest absolute Gasteiger partial charge is 0.243 e. The number of carbonyl (C=O) groups is 1. The number of sulfonamides is 1. The lowest BCUT2D eigenvalue weighted by Crippen LogP contribution is -2.33. The summed E-state index contributed by atoms with van der Waals surface area (Å²) in [5.74, 6) is 0.847. The molecule has 0 radical (unpaired) electrons. The molecule has 0 saturated carbocycles. The molecule has 0 spiro atoms. The minimum Gasteiger partial charge on any atom is -0.440 e. The first kappa shape index (κ1) is 21.2. The summed E-state index contributed by atoms with van der Waals surface area (Å²) >= 11 is 1.52. The zero-order valence-corrected chi connectivity index (χ0v) is 18.3. The van der Waals surface area contributed by atoms with Gasteiger partial charge in [0.25, 0.3) is 0 Å². The van der Waals surface area contributed by atoms with Gasteiger partial charge in [-0.3, -0.25) is 4.79 Å². The zero-order valence-electron chi connectivity index (χ0n) is 16.7. The number of hydrogen-bond acceptors (Lipinski definition) is 6. The molecule has 2 aromatic heterocycles. The van der Waals surface area contributed by atoms with E-state index in [9.17, 15) is 13.2 Å². The predicted molar refractivity (Wildman–Crippen MR) is 113 cm³/mol. The predicted octanol–water partition coefficient (Wildman–Crippen LogP) is 3.92. The van der Waals surface area contributed by atoms with Crippen LogP contribution >= 0.6 is 11.3 Å². The van der Waals surface area contributed by atoms with Crippen LogP contribution in [0.15, 0.2) is 51.1 Å². The van der Waals surface area contributed by atoms with E-state index in [1.807, 2.05) is 31.4 Å². The standard InChI is InChI=1S/C20H23N3O4S2/c1-13(2)23(4)29(25,26)16-9-7-15(8-10-16)21-19(24)12-17-14(3)27-20(22-17)18-6-5-11-28-18/h5-11,13H,12H2,1-4H3,(H,21,24). The Kier molecular flexibility index (Phi) is 6.21. The Bertz CT molecular complexity index is 1090. The summed E-state index contributed by atoms with van der Waals surface area (Å²) in [5, 5.41) is 4.70. The van der Waals surface area contributed by atoms with E-state index in [-0.39, 0.29) is 23.3 Å².